The summed E-state index contributed by atoms with van der Waals surface area (Å²) in [5.74, 6) is -0.207. The van der Waals surface area contributed by atoms with Crippen molar-refractivity contribution >= 4 is 34.6 Å². The first-order chi connectivity index (χ1) is 9.49. The zero-order valence-corrected chi connectivity index (χ0v) is 12.1. The Kier molecular flexibility index (Phi) is 4.15. The van der Waals surface area contributed by atoms with Crippen LogP contribution in [-0.4, -0.2) is 20.0 Å². The average Bonchev–Trinajstić information content (AvgIpc) is 2.42. The smallest absolute Gasteiger partial charge is 0.255 e. The second-order valence-corrected chi connectivity index (χ2v) is 5.01. The van der Waals surface area contributed by atoms with Crippen LogP contribution >= 0.6 is 11.6 Å². The highest BCUT2D eigenvalue weighted by atomic mass is 35.5. The number of rotatable bonds is 3. The van der Waals surface area contributed by atoms with Gasteiger partial charge in [-0.25, -0.2) is 0 Å². The normalized spacial score (nSPS) is 10.2. The van der Waals surface area contributed by atoms with Gasteiger partial charge in [-0.15, -0.1) is 0 Å². The molecule has 0 bridgehead atoms. The summed E-state index contributed by atoms with van der Waals surface area (Å²) in [6, 6.07) is 12.4. The molecule has 0 aliphatic heterocycles. The number of nitrogens with zero attached hydrogens (tertiary/aromatic N) is 1. The number of carbonyl (C=O) groups is 1. The molecule has 0 saturated heterocycles. The fourth-order valence-electron chi connectivity index (χ4n) is 1.84. The molecule has 5 heteroatoms. The third kappa shape index (κ3) is 3.03. The lowest BCUT2D eigenvalue weighted by atomic mass is 10.2. The van der Waals surface area contributed by atoms with E-state index in [2.05, 4.69) is 5.32 Å². The standard InChI is InChI=1S/C15H16ClN3O/c1-19(2)14-9-13(11(16)8-12(14)17)18-15(20)10-6-4-3-5-7-10/h3-9H,17H2,1-2H3,(H,18,20). The molecule has 0 atom stereocenters. The molecule has 0 saturated carbocycles. The monoisotopic (exact) mass is 289 g/mol. The van der Waals surface area contributed by atoms with E-state index in [1.807, 2.05) is 37.2 Å². The number of carbonyl (C=O) groups excluding carboxylic acids is 1. The molecule has 4 nitrogen and oxygen atoms in total. The molecule has 0 aromatic heterocycles. The molecule has 2 aromatic carbocycles. The number of amides is 1. The molecule has 104 valence electrons. The highest BCUT2D eigenvalue weighted by Crippen LogP contribution is 2.32. The molecule has 0 aliphatic carbocycles. The van der Waals surface area contributed by atoms with Gasteiger partial charge in [0.1, 0.15) is 0 Å². The van der Waals surface area contributed by atoms with Crippen LogP contribution in [0.25, 0.3) is 0 Å². The molecule has 0 heterocycles. The maximum absolute atomic E-state index is 12.1. The van der Waals surface area contributed by atoms with Crippen molar-refractivity contribution in [2.24, 2.45) is 0 Å². The Balaban J connectivity index is 2.30. The zero-order valence-electron chi connectivity index (χ0n) is 11.4. The zero-order chi connectivity index (χ0) is 14.7. The van der Waals surface area contributed by atoms with Gasteiger partial charge in [0.2, 0.25) is 0 Å². The first kappa shape index (κ1) is 14.2. The quantitative estimate of drug-likeness (QED) is 0.853. The summed E-state index contributed by atoms with van der Waals surface area (Å²) in [5, 5.41) is 3.21. The summed E-state index contributed by atoms with van der Waals surface area (Å²) in [7, 11) is 3.75. The van der Waals surface area contributed by atoms with E-state index in [9.17, 15) is 4.79 Å². The second-order valence-electron chi connectivity index (χ2n) is 4.61. The van der Waals surface area contributed by atoms with Crippen molar-refractivity contribution in [2.75, 3.05) is 30.0 Å². The SMILES string of the molecule is CN(C)c1cc(NC(=O)c2ccccc2)c(Cl)cc1N. The minimum atomic E-state index is -0.207. The molecule has 0 aliphatic rings. The number of benzene rings is 2. The van der Waals surface area contributed by atoms with Crippen molar-refractivity contribution in [2.45, 2.75) is 0 Å². The number of hydrogen-bond acceptors (Lipinski definition) is 3. The maximum atomic E-state index is 12.1. The summed E-state index contributed by atoms with van der Waals surface area (Å²) < 4.78 is 0. The minimum Gasteiger partial charge on any atom is -0.397 e. The first-order valence-electron chi connectivity index (χ1n) is 6.12. The van der Waals surface area contributed by atoms with Crippen LogP contribution in [0.15, 0.2) is 42.5 Å². The highest BCUT2D eigenvalue weighted by Gasteiger charge is 2.12. The summed E-state index contributed by atoms with van der Waals surface area (Å²) in [5.41, 5.74) is 8.38. The van der Waals surface area contributed by atoms with Crippen LogP contribution in [-0.2, 0) is 0 Å². The van der Waals surface area contributed by atoms with Crippen LogP contribution in [0.1, 0.15) is 10.4 Å². The molecule has 2 rings (SSSR count). The summed E-state index contributed by atoms with van der Waals surface area (Å²) in [6.07, 6.45) is 0. The van der Waals surface area contributed by atoms with Crippen LogP contribution < -0.4 is 16.0 Å². The van der Waals surface area contributed by atoms with Gasteiger partial charge in [0.15, 0.2) is 0 Å². The molecule has 0 spiro atoms. The van der Waals surface area contributed by atoms with Gasteiger partial charge in [-0.1, -0.05) is 29.8 Å². The van der Waals surface area contributed by atoms with Crippen molar-refractivity contribution < 1.29 is 4.79 Å². The molecule has 2 aromatic rings. The van der Waals surface area contributed by atoms with Gasteiger partial charge < -0.3 is 16.0 Å². The summed E-state index contributed by atoms with van der Waals surface area (Å²) >= 11 is 6.12. The minimum absolute atomic E-state index is 0.207. The fraction of sp³-hybridized carbons (Fsp3) is 0.133. The number of anilines is 3. The van der Waals surface area contributed by atoms with Gasteiger partial charge in [-0.3, -0.25) is 4.79 Å². The Bertz CT molecular complexity index is 627. The topological polar surface area (TPSA) is 58.4 Å². The Morgan fingerprint density at radius 1 is 1.20 bits per heavy atom. The Morgan fingerprint density at radius 2 is 1.85 bits per heavy atom. The van der Waals surface area contributed by atoms with Crippen molar-refractivity contribution in [3.63, 3.8) is 0 Å². The van der Waals surface area contributed by atoms with Crippen LogP contribution in [0.5, 0.6) is 0 Å². The van der Waals surface area contributed by atoms with E-state index in [0.29, 0.717) is 22.0 Å². The van der Waals surface area contributed by atoms with Gasteiger partial charge in [0, 0.05) is 19.7 Å². The van der Waals surface area contributed by atoms with Gasteiger partial charge in [0.05, 0.1) is 22.1 Å². The largest absolute Gasteiger partial charge is 0.397 e. The first-order valence-corrected chi connectivity index (χ1v) is 6.49. The second kappa shape index (κ2) is 5.84. The molecular formula is C15H16ClN3O. The van der Waals surface area contributed by atoms with Crippen molar-refractivity contribution in [3.05, 3.63) is 53.1 Å². The van der Waals surface area contributed by atoms with E-state index in [4.69, 9.17) is 17.3 Å². The summed E-state index contributed by atoms with van der Waals surface area (Å²) in [6.45, 7) is 0. The van der Waals surface area contributed by atoms with Crippen molar-refractivity contribution in [1.29, 1.82) is 0 Å². The number of halogens is 1. The van der Waals surface area contributed by atoms with Crippen LogP contribution in [0.3, 0.4) is 0 Å². The van der Waals surface area contributed by atoms with Crippen molar-refractivity contribution in [3.8, 4) is 0 Å². The van der Waals surface area contributed by atoms with E-state index in [-0.39, 0.29) is 5.91 Å². The van der Waals surface area contributed by atoms with Gasteiger partial charge in [0.25, 0.3) is 5.91 Å². The predicted molar refractivity (Wildman–Crippen MR) is 84.6 cm³/mol. The van der Waals surface area contributed by atoms with Crippen LogP contribution in [0.4, 0.5) is 17.1 Å². The number of hydrogen-bond donors (Lipinski definition) is 2. The van der Waals surface area contributed by atoms with E-state index in [0.717, 1.165) is 5.69 Å². The molecule has 0 radical (unpaired) electrons. The Hall–Kier alpha value is -2.20. The highest BCUT2D eigenvalue weighted by molar-refractivity contribution is 6.34. The average molecular weight is 290 g/mol. The Morgan fingerprint density at radius 3 is 2.45 bits per heavy atom. The summed E-state index contributed by atoms with van der Waals surface area (Å²) in [4.78, 5) is 14.0. The lowest BCUT2D eigenvalue weighted by Crippen LogP contribution is -2.15. The van der Waals surface area contributed by atoms with E-state index in [1.165, 1.54) is 0 Å². The van der Waals surface area contributed by atoms with Crippen LogP contribution in [0, 0.1) is 0 Å². The predicted octanol–water partition coefficient (Wildman–Crippen LogP) is 3.24. The fourth-order valence-corrected chi connectivity index (χ4v) is 2.06. The third-order valence-corrected chi connectivity index (χ3v) is 3.20. The molecule has 0 fully saturated rings. The number of nitrogen functional groups attached to an aromatic ring is 1. The molecular weight excluding hydrogens is 274 g/mol. The molecule has 0 unspecified atom stereocenters. The van der Waals surface area contributed by atoms with Gasteiger partial charge in [-0.05, 0) is 24.3 Å². The molecule has 20 heavy (non-hydrogen) atoms. The Labute approximate surface area is 123 Å². The van der Waals surface area contributed by atoms with E-state index >= 15 is 0 Å². The third-order valence-electron chi connectivity index (χ3n) is 2.88. The number of nitrogens with two attached hydrogens (primary N) is 1. The van der Waals surface area contributed by atoms with Gasteiger partial charge in [-0.2, -0.15) is 0 Å². The number of nitrogens with one attached hydrogen (secondary N) is 1. The molecule has 1 amide bonds. The molecule has 3 N–H and O–H groups in total. The lowest BCUT2D eigenvalue weighted by Gasteiger charge is -2.18. The van der Waals surface area contributed by atoms with Crippen molar-refractivity contribution in [1.82, 2.24) is 0 Å². The van der Waals surface area contributed by atoms with E-state index in [1.54, 1.807) is 24.3 Å². The maximum Gasteiger partial charge on any atom is 0.255 e. The lowest BCUT2D eigenvalue weighted by molar-refractivity contribution is 0.102. The van der Waals surface area contributed by atoms with Gasteiger partial charge >= 0.3 is 0 Å². The van der Waals surface area contributed by atoms with Crippen LogP contribution in [0.2, 0.25) is 5.02 Å². The van der Waals surface area contributed by atoms with E-state index < -0.39 is 0 Å².